The number of carbonyl (C=O) groups excluding carboxylic acids is 1. The van der Waals surface area contributed by atoms with Gasteiger partial charge in [-0.25, -0.2) is 4.79 Å². The third-order valence-electron chi connectivity index (χ3n) is 2.52. The van der Waals surface area contributed by atoms with Crippen molar-refractivity contribution < 1.29 is 14.3 Å². The summed E-state index contributed by atoms with van der Waals surface area (Å²) < 4.78 is 10.3. The monoisotopic (exact) mass is 251 g/mol. The molecule has 0 fully saturated rings. The van der Waals surface area contributed by atoms with Crippen molar-refractivity contribution in [2.45, 2.75) is 39.7 Å². The van der Waals surface area contributed by atoms with Gasteiger partial charge in [-0.15, -0.1) is 0 Å². The fourth-order valence-corrected chi connectivity index (χ4v) is 1.60. The van der Waals surface area contributed by atoms with Gasteiger partial charge in [0.25, 0.3) is 0 Å². The topological polar surface area (TPSA) is 48.4 Å². The van der Waals surface area contributed by atoms with Gasteiger partial charge >= 0.3 is 5.97 Å². The van der Waals surface area contributed by atoms with Gasteiger partial charge in [-0.05, 0) is 45.7 Å². The number of pyridine rings is 1. The molecule has 0 amide bonds. The predicted octanol–water partition coefficient (Wildman–Crippen LogP) is 2.29. The Morgan fingerprint density at radius 2 is 2.22 bits per heavy atom. The predicted molar refractivity (Wildman–Crippen MR) is 69.3 cm³/mol. The number of carbonyl (C=O) groups is 1. The van der Waals surface area contributed by atoms with Gasteiger partial charge in [0.2, 0.25) is 0 Å². The van der Waals surface area contributed by atoms with Crippen molar-refractivity contribution in [3.8, 4) is 0 Å². The van der Waals surface area contributed by atoms with Gasteiger partial charge in [-0.2, -0.15) is 0 Å². The highest BCUT2D eigenvalue weighted by molar-refractivity contribution is 5.74. The lowest BCUT2D eigenvalue weighted by atomic mass is 10.2. The van der Waals surface area contributed by atoms with Gasteiger partial charge in [0.15, 0.2) is 6.10 Å². The first-order valence-electron chi connectivity index (χ1n) is 6.34. The molecule has 1 atom stereocenters. The molecule has 4 heteroatoms. The first kappa shape index (κ1) is 14.6. The smallest absolute Gasteiger partial charge is 0.334 e. The van der Waals surface area contributed by atoms with E-state index in [-0.39, 0.29) is 5.97 Å². The fourth-order valence-electron chi connectivity index (χ4n) is 1.60. The van der Waals surface area contributed by atoms with E-state index in [0.29, 0.717) is 13.2 Å². The Morgan fingerprint density at radius 1 is 1.44 bits per heavy atom. The Balaban J connectivity index is 2.21. The highest BCUT2D eigenvalue weighted by Gasteiger charge is 2.13. The summed E-state index contributed by atoms with van der Waals surface area (Å²) in [5, 5.41) is 0. The van der Waals surface area contributed by atoms with E-state index in [0.717, 1.165) is 24.2 Å². The summed E-state index contributed by atoms with van der Waals surface area (Å²) in [7, 11) is 0. The van der Waals surface area contributed by atoms with Crippen LogP contribution in [0.15, 0.2) is 18.2 Å². The Kier molecular flexibility index (Phi) is 6.36. The molecule has 1 rings (SSSR count). The molecule has 1 aromatic heterocycles. The van der Waals surface area contributed by atoms with Crippen LogP contribution in [0.2, 0.25) is 0 Å². The molecule has 18 heavy (non-hydrogen) atoms. The van der Waals surface area contributed by atoms with Crippen LogP contribution in [-0.4, -0.2) is 30.3 Å². The molecule has 0 aliphatic heterocycles. The first-order valence-corrected chi connectivity index (χ1v) is 6.34. The van der Waals surface area contributed by atoms with Crippen LogP contribution in [0.3, 0.4) is 0 Å². The molecular formula is C14H21NO3. The van der Waals surface area contributed by atoms with Crippen LogP contribution in [0.4, 0.5) is 0 Å². The SMILES string of the molecule is CCOC(C)C(=O)OCCCc1cccc(C)n1. The van der Waals surface area contributed by atoms with Crippen LogP contribution in [0.5, 0.6) is 0 Å². The normalized spacial score (nSPS) is 12.2. The summed E-state index contributed by atoms with van der Waals surface area (Å²) in [5.41, 5.74) is 2.04. The van der Waals surface area contributed by atoms with Gasteiger partial charge in [-0.1, -0.05) is 6.07 Å². The number of ether oxygens (including phenoxy) is 2. The summed E-state index contributed by atoms with van der Waals surface area (Å²) in [6.45, 7) is 6.45. The average Bonchev–Trinajstić information content (AvgIpc) is 2.35. The van der Waals surface area contributed by atoms with Gasteiger partial charge in [-0.3, -0.25) is 4.98 Å². The summed E-state index contributed by atoms with van der Waals surface area (Å²) >= 11 is 0. The lowest BCUT2D eigenvalue weighted by molar-refractivity contribution is -0.155. The molecule has 0 aliphatic carbocycles. The fraction of sp³-hybridized carbons (Fsp3) is 0.571. The van der Waals surface area contributed by atoms with Crippen LogP contribution >= 0.6 is 0 Å². The number of aromatic nitrogens is 1. The van der Waals surface area contributed by atoms with E-state index in [1.807, 2.05) is 32.0 Å². The summed E-state index contributed by atoms with van der Waals surface area (Å²) in [6, 6.07) is 5.94. The van der Waals surface area contributed by atoms with Crippen molar-refractivity contribution in [3.63, 3.8) is 0 Å². The second-order valence-corrected chi connectivity index (χ2v) is 4.14. The minimum absolute atomic E-state index is 0.297. The van der Waals surface area contributed by atoms with E-state index < -0.39 is 6.10 Å². The molecule has 0 N–H and O–H groups in total. The lowest BCUT2D eigenvalue weighted by Crippen LogP contribution is -2.23. The number of esters is 1. The summed E-state index contributed by atoms with van der Waals surface area (Å²) in [4.78, 5) is 15.8. The molecule has 1 aromatic rings. The Morgan fingerprint density at radius 3 is 2.89 bits per heavy atom. The van der Waals surface area contributed by atoms with E-state index >= 15 is 0 Å². The number of aryl methyl sites for hydroxylation is 2. The molecule has 1 heterocycles. The highest BCUT2D eigenvalue weighted by Crippen LogP contribution is 2.02. The van der Waals surface area contributed by atoms with Crippen molar-refractivity contribution >= 4 is 5.97 Å². The van der Waals surface area contributed by atoms with Crippen molar-refractivity contribution in [3.05, 3.63) is 29.6 Å². The minimum atomic E-state index is -0.480. The average molecular weight is 251 g/mol. The molecule has 4 nitrogen and oxygen atoms in total. The zero-order valence-electron chi connectivity index (χ0n) is 11.3. The molecule has 0 aliphatic rings. The third kappa shape index (κ3) is 5.27. The standard InChI is InChI=1S/C14H21NO3/c1-4-17-12(3)14(16)18-10-6-9-13-8-5-7-11(2)15-13/h5,7-8,12H,4,6,9-10H2,1-3H3. The summed E-state index contributed by atoms with van der Waals surface area (Å²) in [6.07, 6.45) is 1.12. The number of nitrogens with zero attached hydrogens (tertiary/aromatic N) is 1. The van der Waals surface area contributed by atoms with E-state index in [1.165, 1.54) is 0 Å². The number of hydrogen-bond donors (Lipinski definition) is 0. The second-order valence-electron chi connectivity index (χ2n) is 4.14. The molecule has 0 radical (unpaired) electrons. The quantitative estimate of drug-likeness (QED) is 0.551. The van der Waals surface area contributed by atoms with E-state index in [4.69, 9.17) is 9.47 Å². The van der Waals surface area contributed by atoms with E-state index in [1.54, 1.807) is 6.92 Å². The van der Waals surface area contributed by atoms with E-state index in [2.05, 4.69) is 4.98 Å². The Hall–Kier alpha value is -1.42. The molecule has 0 spiro atoms. The van der Waals surface area contributed by atoms with Crippen molar-refractivity contribution in [2.24, 2.45) is 0 Å². The zero-order chi connectivity index (χ0) is 13.4. The van der Waals surface area contributed by atoms with E-state index in [9.17, 15) is 4.79 Å². The van der Waals surface area contributed by atoms with Crippen molar-refractivity contribution in [1.29, 1.82) is 0 Å². The van der Waals surface area contributed by atoms with Crippen LogP contribution in [0.1, 0.15) is 31.7 Å². The van der Waals surface area contributed by atoms with Gasteiger partial charge in [0, 0.05) is 18.0 Å². The maximum Gasteiger partial charge on any atom is 0.334 e. The minimum Gasteiger partial charge on any atom is -0.464 e. The largest absolute Gasteiger partial charge is 0.464 e. The maximum atomic E-state index is 11.4. The van der Waals surface area contributed by atoms with Gasteiger partial charge in [0.1, 0.15) is 0 Å². The van der Waals surface area contributed by atoms with Crippen LogP contribution in [0.25, 0.3) is 0 Å². The molecule has 1 unspecified atom stereocenters. The maximum absolute atomic E-state index is 11.4. The van der Waals surface area contributed by atoms with Crippen LogP contribution in [0, 0.1) is 6.92 Å². The van der Waals surface area contributed by atoms with Gasteiger partial charge < -0.3 is 9.47 Å². The second kappa shape index (κ2) is 7.82. The van der Waals surface area contributed by atoms with Crippen LogP contribution < -0.4 is 0 Å². The first-order chi connectivity index (χ1) is 8.63. The molecular weight excluding hydrogens is 230 g/mol. The third-order valence-corrected chi connectivity index (χ3v) is 2.52. The van der Waals surface area contributed by atoms with Crippen molar-refractivity contribution in [2.75, 3.05) is 13.2 Å². The molecule has 0 saturated carbocycles. The number of rotatable bonds is 7. The Labute approximate surface area is 108 Å². The molecule has 100 valence electrons. The Bertz CT molecular complexity index is 379. The lowest BCUT2D eigenvalue weighted by Gasteiger charge is -2.11. The zero-order valence-corrected chi connectivity index (χ0v) is 11.3. The molecule has 0 bridgehead atoms. The highest BCUT2D eigenvalue weighted by atomic mass is 16.6. The number of hydrogen-bond acceptors (Lipinski definition) is 4. The summed E-state index contributed by atoms with van der Waals surface area (Å²) in [5.74, 6) is -0.297. The van der Waals surface area contributed by atoms with Crippen LogP contribution in [-0.2, 0) is 20.7 Å². The molecule has 0 aromatic carbocycles. The molecule has 0 saturated heterocycles. The van der Waals surface area contributed by atoms with Gasteiger partial charge in [0.05, 0.1) is 6.61 Å². The van der Waals surface area contributed by atoms with Crippen molar-refractivity contribution in [1.82, 2.24) is 4.98 Å².